The molecular formula is C12H17FN2O2. The van der Waals surface area contributed by atoms with Crippen LogP contribution in [0.5, 0.6) is 0 Å². The Bertz CT molecular complexity index is 421. The maximum Gasteiger partial charge on any atom is 0.340 e. The van der Waals surface area contributed by atoms with Gasteiger partial charge in [0, 0.05) is 19.3 Å². The highest BCUT2D eigenvalue weighted by atomic mass is 19.1. The monoisotopic (exact) mass is 240 g/mol. The second-order valence-electron chi connectivity index (χ2n) is 3.80. The van der Waals surface area contributed by atoms with Crippen LogP contribution in [0, 0.1) is 5.82 Å². The molecule has 1 aromatic rings. The number of hydrogen-bond donors (Lipinski definition) is 1. The number of halogens is 1. The summed E-state index contributed by atoms with van der Waals surface area (Å²) in [6, 6.07) is 2.57. The third kappa shape index (κ3) is 2.87. The molecule has 0 bridgehead atoms. The van der Waals surface area contributed by atoms with Gasteiger partial charge < -0.3 is 15.4 Å². The molecule has 94 valence electrons. The van der Waals surface area contributed by atoms with E-state index in [1.54, 1.807) is 11.9 Å². The number of nitrogens with zero attached hydrogens (tertiary/aromatic N) is 1. The summed E-state index contributed by atoms with van der Waals surface area (Å²) in [5.41, 5.74) is 6.20. The maximum atomic E-state index is 13.7. The van der Waals surface area contributed by atoms with E-state index in [1.807, 2.05) is 6.92 Å². The van der Waals surface area contributed by atoms with Crippen molar-refractivity contribution in [2.75, 3.05) is 31.3 Å². The summed E-state index contributed by atoms with van der Waals surface area (Å²) >= 11 is 0. The molecular weight excluding hydrogens is 223 g/mol. The van der Waals surface area contributed by atoms with E-state index in [4.69, 9.17) is 5.73 Å². The van der Waals surface area contributed by atoms with Crippen LogP contribution in [-0.2, 0) is 4.74 Å². The van der Waals surface area contributed by atoms with Crippen LogP contribution in [0.2, 0.25) is 0 Å². The molecule has 0 radical (unpaired) electrons. The number of carbonyl (C=O) groups is 1. The number of esters is 1. The van der Waals surface area contributed by atoms with E-state index in [2.05, 4.69) is 4.74 Å². The zero-order chi connectivity index (χ0) is 13.0. The molecule has 4 nitrogen and oxygen atoms in total. The first-order chi connectivity index (χ1) is 8.01. The van der Waals surface area contributed by atoms with E-state index in [9.17, 15) is 9.18 Å². The quantitative estimate of drug-likeness (QED) is 0.646. The van der Waals surface area contributed by atoms with Gasteiger partial charge in [-0.2, -0.15) is 0 Å². The van der Waals surface area contributed by atoms with Gasteiger partial charge in [-0.15, -0.1) is 0 Å². The predicted molar refractivity (Wildman–Crippen MR) is 65.7 cm³/mol. The molecule has 5 heteroatoms. The Balaban J connectivity index is 3.18. The molecule has 0 aliphatic carbocycles. The first-order valence-corrected chi connectivity index (χ1v) is 5.39. The van der Waals surface area contributed by atoms with E-state index in [1.165, 1.54) is 13.2 Å². The lowest BCUT2D eigenvalue weighted by molar-refractivity contribution is 0.0602. The van der Waals surface area contributed by atoms with Crippen molar-refractivity contribution in [3.8, 4) is 0 Å². The fraction of sp³-hybridized carbons (Fsp3) is 0.417. The largest absolute Gasteiger partial charge is 0.465 e. The minimum atomic E-state index is -0.561. The minimum absolute atomic E-state index is 0.0861. The van der Waals surface area contributed by atoms with E-state index in [0.717, 1.165) is 12.5 Å². The molecule has 17 heavy (non-hydrogen) atoms. The lowest BCUT2D eigenvalue weighted by Gasteiger charge is -2.20. The molecule has 0 atom stereocenters. The van der Waals surface area contributed by atoms with Crippen LogP contribution >= 0.6 is 0 Å². The summed E-state index contributed by atoms with van der Waals surface area (Å²) in [6.07, 6.45) is 0.883. The summed E-state index contributed by atoms with van der Waals surface area (Å²) in [6.45, 7) is 2.69. The number of benzene rings is 1. The van der Waals surface area contributed by atoms with Crippen LogP contribution in [0.3, 0.4) is 0 Å². The molecule has 1 rings (SSSR count). The van der Waals surface area contributed by atoms with Crippen LogP contribution in [0.4, 0.5) is 15.8 Å². The van der Waals surface area contributed by atoms with Crippen LogP contribution in [-0.4, -0.2) is 26.7 Å². The van der Waals surface area contributed by atoms with Crippen molar-refractivity contribution in [3.63, 3.8) is 0 Å². The van der Waals surface area contributed by atoms with Gasteiger partial charge >= 0.3 is 5.97 Å². The SMILES string of the molecule is CCCN(C)c1cc(C(=O)OC)c(N)cc1F. The second kappa shape index (κ2) is 5.52. The molecule has 1 aromatic carbocycles. The zero-order valence-corrected chi connectivity index (χ0v) is 10.3. The number of rotatable bonds is 4. The van der Waals surface area contributed by atoms with E-state index in [-0.39, 0.29) is 11.3 Å². The number of ether oxygens (including phenoxy) is 1. The molecule has 0 fully saturated rings. The predicted octanol–water partition coefficient (Wildman–Crippen LogP) is 2.04. The minimum Gasteiger partial charge on any atom is -0.465 e. The fourth-order valence-electron chi connectivity index (χ4n) is 1.61. The van der Waals surface area contributed by atoms with Crippen LogP contribution in [0.15, 0.2) is 12.1 Å². The third-order valence-corrected chi connectivity index (χ3v) is 2.49. The van der Waals surface area contributed by atoms with Crippen molar-refractivity contribution >= 4 is 17.3 Å². The van der Waals surface area contributed by atoms with Crippen molar-refractivity contribution in [1.29, 1.82) is 0 Å². The van der Waals surface area contributed by atoms with Crippen molar-refractivity contribution in [2.24, 2.45) is 0 Å². The Labute approximate surface area is 100 Å². The lowest BCUT2D eigenvalue weighted by Crippen LogP contribution is -2.20. The Morgan fingerprint density at radius 3 is 2.71 bits per heavy atom. The first-order valence-electron chi connectivity index (χ1n) is 5.39. The number of nitrogen functional groups attached to an aromatic ring is 1. The molecule has 0 saturated heterocycles. The molecule has 0 spiro atoms. The Morgan fingerprint density at radius 1 is 1.53 bits per heavy atom. The Hall–Kier alpha value is -1.78. The molecule has 0 saturated carbocycles. The van der Waals surface area contributed by atoms with Crippen LogP contribution < -0.4 is 10.6 Å². The maximum absolute atomic E-state index is 13.7. The summed E-state index contributed by atoms with van der Waals surface area (Å²) in [4.78, 5) is 13.2. The van der Waals surface area contributed by atoms with Gasteiger partial charge in [0.15, 0.2) is 0 Å². The van der Waals surface area contributed by atoms with Gasteiger partial charge in [-0.1, -0.05) is 6.92 Å². The third-order valence-electron chi connectivity index (χ3n) is 2.49. The van der Waals surface area contributed by atoms with Crippen molar-refractivity contribution in [1.82, 2.24) is 0 Å². The number of nitrogens with two attached hydrogens (primary N) is 1. The van der Waals surface area contributed by atoms with Gasteiger partial charge in [-0.05, 0) is 18.6 Å². The first kappa shape index (κ1) is 13.3. The normalized spacial score (nSPS) is 10.1. The summed E-state index contributed by atoms with van der Waals surface area (Å²) < 4.78 is 18.3. The highest BCUT2D eigenvalue weighted by molar-refractivity contribution is 5.96. The van der Waals surface area contributed by atoms with Gasteiger partial charge in [0.05, 0.1) is 18.4 Å². The lowest BCUT2D eigenvalue weighted by atomic mass is 10.1. The van der Waals surface area contributed by atoms with Crippen LogP contribution in [0.1, 0.15) is 23.7 Å². The van der Waals surface area contributed by atoms with Crippen molar-refractivity contribution in [2.45, 2.75) is 13.3 Å². The average molecular weight is 240 g/mol. The summed E-state index contributed by atoms with van der Waals surface area (Å²) in [7, 11) is 3.03. The van der Waals surface area contributed by atoms with Crippen LogP contribution in [0.25, 0.3) is 0 Å². The topological polar surface area (TPSA) is 55.6 Å². The molecule has 0 unspecified atom stereocenters. The molecule has 0 aliphatic rings. The fourth-order valence-corrected chi connectivity index (χ4v) is 1.61. The summed E-state index contributed by atoms with van der Waals surface area (Å²) in [5.74, 6) is -1.00. The zero-order valence-electron chi connectivity index (χ0n) is 10.3. The molecule has 0 aromatic heterocycles. The van der Waals surface area contributed by atoms with E-state index >= 15 is 0 Å². The molecule has 0 aliphatic heterocycles. The number of hydrogen-bond acceptors (Lipinski definition) is 4. The summed E-state index contributed by atoms with van der Waals surface area (Å²) in [5, 5.41) is 0. The Morgan fingerprint density at radius 2 is 2.18 bits per heavy atom. The van der Waals surface area contributed by atoms with Gasteiger partial charge in [-0.25, -0.2) is 9.18 Å². The van der Waals surface area contributed by atoms with Gasteiger partial charge in [0.1, 0.15) is 5.82 Å². The van der Waals surface area contributed by atoms with E-state index in [0.29, 0.717) is 12.2 Å². The average Bonchev–Trinajstić information content (AvgIpc) is 2.28. The highest BCUT2D eigenvalue weighted by Crippen LogP contribution is 2.25. The molecule has 2 N–H and O–H groups in total. The standard InChI is InChI=1S/C12H17FN2O2/c1-4-5-15(2)11-6-8(12(16)17-3)10(14)7-9(11)13/h6-7H,4-5,14H2,1-3H3. The van der Waals surface area contributed by atoms with Gasteiger partial charge in [-0.3, -0.25) is 0 Å². The van der Waals surface area contributed by atoms with E-state index < -0.39 is 11.8 Å². The number of carbonyl (C=O) groups excluding carboxylic acids is 1. The van der Waals surface area contributed by atoms with Crippen molar-refractivity contribution < 1.29 is 13.9 Å². The molecule has 0 amide bonds. The Kier molecular flexibility index (Phi) is 4.31. The highest BCUT2D eigenvalue weighted by Gasteiger charge is 2.16. The van der Waals surface area contributed by atoms with Gasteiger partial charge in [0.2, 0.25) is 0 Å². The second-order valence-corrected chi connectivity index (χ2v) is 3.80. The smallest absolute Gasteiger partial charge is 0.340 e. The number of anilines is 2. The van der Waals surface area contributed by atoms with Gasteiger partial charge in [0.25, 0.3) is 0 Å². The molecule has 0 heterocycles. The van der Waals surface area contributed by atoms with Crippen molar-refractivity contribution in [3.05, 3.63) is 23.5 Å². The number of methoxy groups -OCH3 is 1.